The van der Waals surface area contributed by atoms with Crippen LogP contribution >= 0.6 is 12.6 Å². The Hall–Kier alpha value is -0.220. The first-order valence-corrected chi connectivity index (χ1v) is 4.94. The zero-order chi connectivity index (χ0) is 8.97. The quantitative estimate of drug-likeness (QED) is 0.589. The summed E-state index contributed by atoms with van der Waals surface area (Å²) in [7, 11) is 2.09. The van der Waals surface area contributed by atoms with Gasteiger partial charge in [-0.3, -0.25) is 4.79 Å². The molecule has 1 aliphatic heterocycles. The van der Waals surface area contributed by atoms with Crippen LogP contribution in [0.5, 0.6) is 0 Å². The van der Waals surface area contributed by atoms with Crippen LogP contribution in [-0.2, 0) is 4.79 Å². The van der Waals surface area contributed by atoms with Gasteiger partial charge in [0.1, 0.15) is 0 Å². The van der Waals surface area contributed by atoms with Crippen LogP contribution in [0.4, 0.5) is 0 Å². The summed E-state index contributed by atoms with van der Waals surface area (Å²) in [6, 6.07) is 0. The van der Waals surface area contributed by atoms with Crippen molar-refractivity contribution in [1.29, 1.82) is 0 Å². The molecule has 0 spiro atoms. The molecule has 0 radical (unpaired) electrons. The Morgan fingerprint density at radius 3 is 2.75 bits per heavy atom. The number of carbonyl (C=O) groups is 1. The second-order valence-corrected chi connectivity index (χ2v) is 3.51. The lowest BCUT2D eigenvalue weighted by Gasteiger charge is -2.19. The van der Waals surface area contributed by atoms with Gasteiger partial charge in [0.2, 0.25) is 5.91 Å². The minimum atomic E-state index is 0.161. The van der Waals surface area contributed by atoms with E-state index in [0.717, 1.165) is 32.6 Å². The smallest absolute Gasteiger partial charge is 0.232 e. The lowest BCUT2D eigenvalue weighted by Crippen LogP contribution is -2.35. The number of nitrogens with zero attached hydrogens (tertiary/aromatic N) is 2. The predicted octanol–water partition coefficient (Wildman–Crippen LogP) is 0.0803. The van der Waals surface area contributed by atoms with Crippen molar-refractivity contribution >= 4 is 18.5 Å². The van der Waals surface area contributed by atoms with E-state index in [9.17, 15) is 4.79 Å². The molecule has 0 saturated carbocycles. The van der Waals surface area contributed by atoms with Crippen molar-refractivity contribution in [3.8, 4) is 0 Å². The third kappa shape index (κ3) is 2.68. The first kappa shape index (κ1) is 9.86. The molecular formula is C8H16N2OS. The number of rotatable bonds is 1. The van der Waals surface area contributed by atoms with Crippen LogP contribution in [0.1, 0.15) is 6.42 Å². The minimum Gasteiger partial charge on any atom is -0.341 e. The van der Waals surface area contributed by atoms with E-state index in [1.165, 1.54) is 0 Å². The highest BCUT2D eigenvalue weighted by molar-refractivity contribution is 7.81. The Labute approximate surface area is 79.1 Å². The van der Waals surface area contributed by atoms with E-state index in [1.54, 1.807) is 0 Å². The maximum absolute atomic E-state index is 11.3. The molecule has 1 fully saturated rings. The molecular weight excluding hydrogens is 172 g/mol. The molecule has 0 N–H and O–H groups in total. The Morgan fingerprint density at radius 1 is 1.33 bits per heavy atom. The van der Waals surface area contributed by atoms with Gasteiger partial charge in [0.05, 0.1) is 5.75 Å². The third-order valence-electron chi connectivity index (χ3n) is 2.21. The molecule has 0 aliphatic carbocycles. The monoisotopic (exact) mass is 188 g/mol. The van der Waals surface area contributed by atoms with Crippen molar-refractivity contribution in [2.45, 2.75) is 6.42 Å². The fraction of sp³-hybridized carbons (Fsp3) is 0.875. The molecule has 4 heteroatoms. The van der Waals surface area contributed by atoms with Gasteiger partial charge in [-0.2, -0.15) is 12.6 Å². The molecule has 1 amide bonds. The molecule has 3 nitrogen and oxygen atoms in total. The van der Waals surface area contributed by atoms with Crippen LogP contribution in [0.15, 0.2) is 0 Å². The van der Waals surface area contributed by atoms with E-state index in [-0.39, 0.29) is 5.91 Å². The van der Waals surface area contributed by atoms with Crippen LogP contribution < -0.4 is 0 Å². The highest BCUT2D eigenvalue weighted by Gasteiger charge is 2.15. The zero-order valence-corrected chi connectivity index (χ0v) is 8.39. The lowest BCUT2D eigenvalue weighted by atomic mass is 10.4. The average molecular weight is 188 g/mol. The normalized spacial score (nSPS) is 20.7. The Morgan fingerprint density at radius 2 is 2.08 bits per heavy atom. The maximum atomic E-state index is 11.3. The van der Waals surface area contributed by atoms with Gasteiger partial charge in [-0.1, -0.05) is 0 Å². The van der Waals surface area contributed by atoms with Crippen LogP contribution in [-0.4, -0.2) is 54.7 Å². The van der Waals surface area contributed by atoms with Gasteiger partial charge >= 0.3 is 0 Å². The Kier molecular flexibility index (Phi) is 3.88. The molecule has 0 aromatic heterocycles. The van der Waals surface area contributed by atoms with Crippen LogP contribution in [0.3, 0.4) is 0 Å². The Bertz CT molecular complexity index is 163. The summed E-state index contributed by atoms with van der Waals surface area (Å²) in [6.45, 7) is 3.83. The first-order valence-electron chi connectivity index (χ1n) is 4.31. The molecule has 0 unspecified atom stereocenters. The summed E-state index contributed by atoms with van der Waals surface area (Å²) in [6.07, 6.45) is 1.08. The topological polar surface area (TPSA) is 23.6 Å². The summed E-state index contributed by atoms with van der Waals surface area (Å²) in [5.74, 6) is 0.498. The molecule has 0 atom stereocenters. The summed E-state index contributed by atoms with van der Waals surface area (Å²) in [4.78, 5) is 15.4. The second-order valence-electron chi connectivity index (χ2n) is 3.20. The van der Waals surface area contributed by atoms with Crippen molar-refractivity contribution in [1.82, 2.24) is 9.80 Å². The Balaban J connectivity index is 2.40. The minimum absolute atomic E-state index is 0.161. The number of hydrogen-bond donors (Lipinski definition) is 1. The lowest BCUT2D eigenvalue weighted by molar-refractivity contribution is -0.128. The van der Waals surface area contributed by atoms with Gasteiger partial charge < -0.3 is 9.80 Å². The molecule has 1 aliphatic rings. The number of carbonyl (C=O) groups excluding carboxylic acids is 1. The maximum Gasteiger partial charge on any atom is 0.232 e. The van der Waals surface area contributed by atoms with Crippen LogP contribution in [0, 0.1) is 0 Å². The van der Waals surface area contributed by atoms with E-state index in [1.807, 2.05) is 4.90 Å². The molecule has 0 aromatic rings. The van der Waals surface area contributed by atoms with E-state index in [2.05, 4.69) is 24.6 Å². The molecule has 0 aromatic carbocycles. The average Bonchev–Trinajstić information content (AvgIpc) is 2.29. The highest BCUT2D eigenvalue weighted by Crippen LogP contribution is 2.01. The predicted molar refractivity (Wildman–Crippen MR) is 52.5 cm³/mol. The van der Waals surface area contributed by atoms with Gasteiger partial charge in [0, 0.05) is 19.6 Å². The van der Waals surface area contributed by atoms with Crippen molar-refractivity contribution in [2.24, 2.45) is 0 Å². The summed E-state index contributed by atoms with van der Waals surface area (Å²) in [5.41, 5.74) is 0. The number of amides is 1. The highest BCUT2D eigenvalue weighted by atomic mass is 32.1. The van der Waals surface area contributed by atoms with Gasteiger partial charge in [-0.25, -0.2) is 0 Å². The van der Waals surface area contributed by atoms with Gasteiger partial charge in [-0.15, -0.1) is 0 Å². The van der Waals surface area contributed by atoms with Gasteiger partial charge in [-0.05, 0) is 20.0 Å². The molecule has 1 heterocycles. The largest absolute Gasteiger partial charge is 0.341 e. The number of hydrogen-bond acceptors (Lipinski definition) is 3. The van der Waals surface area contributed by atoms with Gasteiger partial charge in [0.25, 0.3) is 0 Å². The standard InChI is InChI=1S/C8H16N2OS/c1-9-3-2-4-10(6-5-9)8(11)7-12/h12H,2-7H2,1H3. The van der Waals surface area contributed by atoms with E-state index < -0.39 is 0 Å². The third-order valence-corrected chi connectivity index (χ3v) is 2.48. The summed E-state index contributed by atoms with van der Waals surface area (Å²) in [5, 5.41) is 0. The number of thiol groups is 1. The summed E-state index contributed by atoms with van der Waals surface area (Å²) < 4.78 is 0. The van der Waals surface area contributed by atoms with E-state index >= 15 is 0 Å². The molecule has 1 rings (SSSR count). The van der Waals surface area contributed by atoms with Crippen molar-refractivity contribution in [3.05, 3.63) is 0 Å². The SMILES string of the molecule is CN1CCCN(C(=O)CS)CC1. The second kappa shape index (κ2) is 4.72. The van der Waals surface area contributed by atoms with Crippen molar-refractivity contribution in [3.63, 3.8) is 0 Å². The van der Waals surface area contributed by atoms with Crippen molar-refractivity contribution in [2.75, 3.05) is 39.0 Å². The van der Waals surface area contributed by atoms with Crippen LogP contribution in [0.25, 0.3) is 0 Å². The fourth-order valence-electron chi connectivity index (χ4n) is 1.40. The molecule has 70 valence electrons. The molecule has 12 heavy (non-hydrogen) atoms. The van der Waals surface area contributed by atoms with Gasteiger partial charge in [0.15, 0.2) is 0 Å². The summed E-state index contributed by atoms with van der Waals surface area (Å²) >= 11 is 3.98. The van der Waals surface area contributed by atoms with Crippen molar-refractivity contribution < 1.29 is 4.79 Å². The fourth-order valence-corrected chi connectivity index (χ4v) is 1.60. The molecule has 0 bridgehead atoms. The first-order chi connectivity index (χ1) is 5.74. The van der Waals surface area contributed by atoms with Crippen LogP contribution in [0.2, 0.25) is 0 Å². The van der Waals surface area contributed by atoms with E-state index in [4.69, 9.17) is 0 Å². The van der Waals surface area contributed by atoms with E-state index in [0.29, 0.717) is 5.75 Å². The zero-order valence-electron chi connectivity index (χ0n) is 7.49. The molecule has 1 saturated heterocycles. The number of likely N-dealkylation sites (N-methyl/N-ethyl adjacent to an activating group) is 1.